The van der Waals surface area contributed by atoms with E-state index in [0.29, 0.717) is 5.56 Å². The number of rotatable bonds is 5. The van der Waals surface area contributed by atoms with Gasteiger partial charge < -0.3 is 10.6 Å². The highest BCUT2D eigenvalue weighted by atomic mass is 16.2. The Hall–Kier alpha value is -3.15. The molecule has 1 heterocycles. The number of hydrogen-bond acceptors (Lipinski definition) is 3. The van der Waals surface area contributed by atoms with Crippen LogP contribution in [0.25, 0.3) is 0 Å². The molecule has 0 unspecified atom stereocenters. The molecule has 1 aliphatic carbocycles. The number of carbonyl (C=O) groups is 3. The monoisotopic (exact) mass is 363 g/mol. The molecule has 4 amide bonds. The molecule has 0 aromatic heterocycles. The molecule has 27 heavy (non-hydrogen) atoms. The molecule has 2 aliphatic rings. The minimum absolute atomic E-state index is 0.166. The summed E-state index contributed by atoms with van der Waals surface area (Å²) in [5.41, 5.74) is 1.27. The third-order valence-electron chi connectivity index (χ3n) is 5.28. The van der Waals surface area contributed by atoms with Crippen molar-refractivity contribution in [3.8, 4) is 0 Å². The second-order valence-electron chi connectivity index (χ2n) is 7.32. The fourth-order valence-electron chi connectivity index (χ4n) is 3.47. The van der Waals surface area contributed by atoms with E-state index in [0.717, 1.165) is 24.1 Å². The van der Waals surface area contributed by atoms with Gasteiger partial charge in [0.15, 0.2) is 0 Å². The van der Waals surface area contributed by atoms with Gasteiger partial charge in [0, 0.05) is 11.3 Å². The Labute approximate surface area is 157 Å². The SMILES string of the molecule is C[C@@]1(C2CC2)NC(=O)N(Cc2ccc(C(=O)Nc3ccccc3)cc2)C1=O. The normalized spacial score (nSPS) is 21.9. The molecule has 2 fully saturated rings. The Morgan fingerprint density at radius 2 is 1.78 bits per heavy atom. The van der Waals surface area contributed by atoms with Crippen LogP contribution in [0.1, 0.15) is 35.7 Å². The van der Waals surface area contributed by atoms with Crippen molar-refractivity contribution in [2.24, 2.45) is 5.92 Å². The number of hydrogen-bond donors (Lipinski definition) is 2. The predicted octanol–water partition coefficient (Wildman–Crippen LogP) is 3.16. The quantitative estimate of drug-likeness (QED) is 0.801. The zero-order valence-corrected chi connectivity index (χ0v) is 15.1. The van der Waals surface area contributed by atoms with Crippen molar-refractivity contribution in [2.75, 3.05) is 5.32 Å². The Morgan fingerprint density at radius 3 is 2.41 bits per heavy atom. The molecule has 2 N–H and O–H groups in total. The summed E-state index contributed by atoms with van der Waals surface area (Å²) in [4.78, 5) is 38.5. The molecule has 0 radical (unpaired) electrons. The standard InChI is InChI=1S/C21H21N3O3/c1-21(16-11-12-16)19(26)24(20(27)23-21)13-14-7-9-15(10-8-14)18(25)22-17-5-3-2-4-6-17/h2-10,16H,11-13H2,1H3,(H,22,25)(H,23,27)/t21-/m0/s1. The lowest BCUT2D eigenvalue weighted by Crippen LogP contribution is -2.46. The first-order valence-corrected chi connectivity index (χ1v) is 9.07. The van der Waals surface area contributed by atoms with Gasteiger partial charge in [-0.05, 0) is 55.5 Å². The number of imide groups is 1. The first kappa shape index (κ1) is 17.3. The van der Waals surface area contributed by atoms with E-state index in [1.54, 1.807) is 24.3 Å². The summed E-state index contributed by atoms with van der Waals surface area (Å²) in [5, 5.41) is 5.67. The Balaban J connectivity index is 1.43. The highest BCUT2D eigenvalue weighted by Crippen LogP contribution is 2.42. The summed E-state index contributed by atoms with van der Waals surface area (Å²) < 4.78 is 0. The van der Waals surface area contributed by atoms with Gasteiger partial charge in [-0.2, -0.15) is 0 Å². The van der Waals surface area contributed by atoms with E-state index < -0.39 is 5.54 Å². The van der Waals surface area contributed by atoms with Gasteiger partial charge in [-0.15, -0.1) is 0 Å². The van der Waals surface area contributed by atoms with Crippen molar-refractivity contribution in [3.05, 3.63) is 65.7 Å². The Bertz CT molecular complexity index is 891. The van der Waals surface area contributed by atoms with Gasteiger partial charge in [0.1, 0.15) is 5.54 Å². The molecule has 6 heteroatoms. The van der Waals surface area contributed by atoms with Crippen LogP contribution < -0.4 is 10.6 Å². The number of benzene rings is 2. The molecule has 6 nitrogen and oxygen atoms in total. The average molecular weight is 363 g/mol. The van der Waals surface area contributed by atoms with E-state index in [4.69, 9.17) is 0 Å². The molecule has 1 aliphatic heterocycles. The maximum absolute atomic E-state index is 12.7. The van der Waals surface area contributed by atoms with E-state index in [1.807, 2.05) is 37.3 Å². The van der Waals surface area contributed by atoms with Gasteiger partial charge in [-0.3, -0.25) is 14.5 Å². The molecule has 0 spiro atoms. The molecule has 138 valence electrons. The zero-order valence-electron chi connectivity index (χ0n) is 15.1. The number of carbonyl (C=O) groups excluding carboxylic acids is 3. The van der Waals surface area contributed by atoms with Crippen LogP contribution in [0, 0.1) is 5.92 Å². The van der Waals surface area contributed by atoms with E-state index in [2.05, 4.69) is 10.6 Å². The van der Waals surface area contributed by atoms with Gasteiger partial charge in [0.25, 0.3) is 11.8 Å². The third kappa shape index (κ3) is 3.30. The summed E-state index contributed by atoms with van der Waals surface area (Å²) >= 11 is 0. The van der Waals surface area contributed by atoms with Crippen LogP contribution in [0.15, 0.2) is 54.6 Å². The number of anilines is 1. The molecule has 1 saturated heterocycles. The van der Waals surface area contributed by atoms with Crippen molar-refractivity contribution in [3.63, 3.8) is 0 Å². The molecule has 1 saturated carbocycles. The molecule has 4 rings (SSSR count). The predicted molar refractivity (Wildman–Crippen MR) is 101 cm³/mol. The summed E-state index contributed by atoms with van der Waals surface area (Å²) in [7, 11) is 0. The highest BCUT2D eigenvalue weighted by Gasteiger charge is 2.55. The minimum Gasteiger partial charge on any atom is -0.323 e. The van der Waals surface area contributed by atoms with E-state index in [-0.39, 0.29) is 30.3 Å². The van der Waals surface area contributed by atoms with Gasteiger partial charge in [-0.1, -0.05) is 30.3 Å². The van der Waals surface area contributed by atoms with Crippen LogP contribution in [0.4, 0.5) is 10.5 Å². The van der Waals surface area contributed by atoms with Crippen LogP contribution in [-0.4, -0.2) is 28.3 Å². The van der Waals surface area contributed by atoms with Crippen LogP contribution in [-0.2, 0) is 11.3 Å². The van der Waals surface area contributed by atoms with E-state index in [9.17, 15) is 14.4 Å². The lowest BCUT2D eigenvalue weighted by molar-refractivity contribution is -0.131. The largest absolute Gasteiger partial charge is 0.325 e. The van der Waals surface area contributed by atoms with Crippen LogP contribution in [0.3, 0.4) is 0 Å². The summed E-state index contributed by atoms with van der Waals surface area (Å²) in [6.07, 6.45) is 1.95. The summed E-state index contributed by atoms with van der Waals surface area (Å²) in [6.45, 7) is 2.01. The average Bonchev–Trinajstić information content (AvgIpc) is 3.49. The number of nitrogens with zero attached hydrogens (tertiary/aromatic N) is 1. The van der Waals surface area contributed by atoms with Crippen molar-refractivity contribution < 1.29 is 14.4 Å². The van der Waals surface area contributed by atoms with E-state index in [1.165, 1.54) is 4.90 Å². The maximum atomic E-state index is 12.7. The highest BCUT2D eigenvalue weighted by molar-refractivity contribution is 6.07. The number of nitrogens with one attached hydrogen (secondary N) is 2. The van der Waals surface area contributed by atoms with Crippen molar-refractivity contribution in [2.45, 2.75) is 31.8 Å². The first-order chi connectivity index (χ1) is 13.0. The van der Waals surface area contributed by atoms with Gasteiger partial charge in [0.2, 0.25) is 0 Å². The lowest BCUT2D eigenvalue weighted by Gasteiger charge is -2.21. The fraction of sp³-hybridized carbons (Fsp3) is 0.286. The maximum Gasteiger partial charge on any atom is 0.325 e. The third-order valence-corrected chi connectivity index (χ3v) is 5.28. The minimum atomic E-state index is -0.771. The fourth-order valence-corrected chi connectivity index (χ4v) is 3.47. The van der Waals surface area contributed by atoms with Gasteiger partial charge >= 0.3 is 6.03 Å². The molecule has 2 aromatic rings. The molecular formula is C21H21N3O3. The molecule has 2 aromatic carbocycles. The number of amides is 4. The van der Waals surface area contributed by atoms with E-state index >= 15 is 0 Å². The first-order valence-electron chi connectivity index (χ1n) is 9.07. The Kier molecular flexibility index (Phi) is 4.18. The number of para-hydroxylation sites is 1. The zero-order chi connectivity index (χ0) is 19.0. The molecular weight excluding hydrogens is 342 g/mol. The van der Waals surface area contributed by atoms with Crippen LogP contribution in [0.2, 0.25) is 0 Å². The topological polar surface area (TPSA) is 78.5 Å². The number of urea groups is 1. The molecule has 0 bridgehead atoms. The smallest absolute Gasteiger partial charge is 0.323 e. The van der Waals surface area contributed by atoms with Crippen molar-refractivity contribution >= 4 is 23.5 Å². The van der Waals surface area contributed by atoms with Crippen molar-refractivity contribution in [1.82, 2.24) is 10.2 Å². The lowest BCUT2D eigenvalue weighted by atomic mass is 9.96. The van der Waals surface area contributed by atoms with Gasteiger partial charge in [-0.25, -0.2) is 4.79 Å². The van der Waals surface area contributed by atoms with Gasteiger partial charge in [0.05, 0.1) is 6.54 Å². The van der Waals surface area contributed by atoms with Crippen LogP contribution >= 0.6 is 0 Å². The summed E-state index contributed by atoms with van der Waals surface area (Å²) in [5.74, 6) is -0.132. The second kappa shape index (κ2) is 6.54. The second-order valence-corrected chi connectivity index (χ2v) is 7.32. The van der Waals surface area contributed by atoms with Crippen molar-refractivity contribution in [1.29, 1.82) is 0 Å². The van der Waals surface area contributed by atoms with Crippen LogP contribution in [0.5, 0.6) is 0 Å². The summed E-state index contributed by atoms with van der Waals surface area (Å²) in [6, 6.07) is 15.8. The molecule has 1 atom stereocenters. The Morgan fingerprint density at radius 1 is 1.11 bits per heavy atom.